The number of carbonyl (C=O) groups excluding carboxylic acids is 2. The summed E-state index contributed by atoms with van der Waals surface area (Å²) in [6, 6.07) is 0. The van der Waals surface area contributed by atoms with Crippen LogP contribution in [0.25, 0.3) is 0 Å². The Labute approximate surface area is 209 Å². The molecule has 0 aliphatic heterocycles. The number of carbonyl (C=O) groups is 3. The van der Waals surface area contributed by atoms with Crippen LogP contribution in [0.5, 0.6) is 0 Å². The van der Waals surface area contributed by atoms with Crippen molar-refractivity contribution in [2.75, 3.05) is 0 Å². The number of ketones is 1. The third-order valence-corrected chi connectivity index (χ3v) is 9.95. The number of aliphatic carboxylic acids is 1. The van der Waals surface area contributed by atoms with Crippen LogP contribution in [0.3, 0.4) is 0 Å². The molecule has 4 aliphatic carbocycles. The average Bonchev–Trinajstić information content (AvgIpc) is 2.99. The lowest BCUT2D eigenvalue weighted by Gasteiger charge is -2.62. The van der Waals surface area contributed by atoms with Gasteiger partial charge in [-0.1, -0.05) is 33.8 Å². The van der Waals surface area contributed by atoms with Gasteiger partial charge in [0.1, 0.15) is 12.3 Å². The van der Waals surface area contributed by atoms with Gasteiger partial charge in [0.05, 0.1) is 6.10 Å². The SMILES string of the molecule is CC(C)C(C)OC(=O)O[C@@]1(C(=O)O)[C@H](C)C[C@H]2[C@@H]3C[C@H](F)C4=CC(=O)C=C[C@]4(C)C3(F)[C@@H](O)C[C@@]21C. The summed E-state index contributed by atoms with van der Waals surface area (Å²) in [5.41, 5.74) is -7.43. The molecule has 7 nitrogen and oxygen atoms in total. The number of alkyl halides is 2. The highest BCUT2D eigenvalue weighted by molar-refractivity contribution is 6.01. The van der Waals surface area contributed by atoms with E-state index >= 15 is 8.78 Å². The number of aliphatic hydroxyl groups is 1. The van der Waals surface area contributed by atoms with Crippen LogP contribution in [-0.2, 0) is 19.1 Å². The Morgan fingerprint density at radius 3 is 2.39 bits per heavy atom. The molecular formula is C27H36F2O7. The second-order valence-corrected chi connectivity index (χ2v) is 12.0. The van der Waals surface area contributed by atoms with E-state index in [2.05, 4.69) is 0 Å². The lowest BCUT2D eigenvalue weighted by molar-refractivity contribution is -0.232. The van der Waals surface area contributed by atoms with Crippen LogP contribution in [-0.4, -0.2) is 57.8 Å². The fraction of sp³-hybridized carbons (Fsp3) is 0.741. The van der Waals surface area contributed by atoms with E-state index in [-0.39, 0.29) is 30.8 Å². The lowest BCUT2D eigenvalue weighted by Crippen LogP contribution is -2.71. The topological polar surface area (TPSA) is 110 Å². The molecule has 2 N–H and O–H groups in total. The van der Waals surface area contributed by atoms with Gasteiger partial charge < -0.3 is 19.7 Å². The monoisotopic (exact) mass is 510 g/mol. The van der Waals surface area contributed by atoms with Crippen LogP contribution in [0.1, 0.15) is 60.8 Å². The molecule has 0 aromatic rings. The van der Waals surface area contributed by atoms with E-state index in [1.54, 1.807) is 20.8 Å². The Kier molecular flexibility index (Phi) is 6.22. The summed E-state index contributed by atoms with van der Waals surface area (Å²) >= 11 is 0. The predicted molar refractivity (Wildman–Crippen MR) is 125 cm³/mol. The first-order chi connectivity index (χ1) is 16.6. The smallest absolute Gasteiger partial charge is 0.478 e. The molecule has 0 radical (unpaired) electrons. The third kappa shape index (κ3) is 3.26. The molecule has 4 rings (SSSR count). The predicted octanol–water partition coefficient (Wildman–Crippen LogP) is 4.57. The van der Waals surface area contributed by atoms with Gasteiger partial charge >= 0.3 is 12.1 Å². The van der Waals surface area contributed by atoms with Crippen molar-refractivity contribution in [1.82, 2.24) is 0 Å². The Morgan fingerprint density at radius 2 is 1.81 bits per heavy atom. The van der Waals surface area contributed by atoms with Crippen LogP contribution < -0.4 is 0 Å². The first kappa shape index (κ1) is 26.8. The van der Waals surface area contributed by atoms with Crippen LogP contribution in [0.4, 0.5) is 13.6 Å². The summed E-state index contributed by atoms with van der Waals surface area (Å²) in [6.45, 7) is 10.0. The number of rotatable bonds is 4. The maximum absolute atomic E-state index is 17.2. The van der Waals surface area contributed by atoms with Crippen molar-refractivity contribution in [2.45, 2.75) is 90.5 Å². The van der Waals surface area contributed by atoms with E-state index in [4.69, 9.17) is 9.47 Å². The molecule has 4 aliphatic rings. The van der Waals surface area contributed by atoms with Crippen molar-refractivity contribution >= 4 is 17.9 Å². The molecular weight excluding hydrogens is 474 g/mol. The fourth-order valence-corrected chi connectivity index (χ4v) is 7.68. The van der Waals surface area contributed by atoms with Gasteiger partial charge in [0.25, 0.3) is 0 Å². The number of carboxylic acid groups (broad SMARTS) is 1. The number of halogens is 2. The Morgan fingerprint density at radius 1 is 1.17 bits per heavy atom. The summed E-state index contributed by atoms with van der Waals surface area (Å²) in [6.07, 6.45) is -1.86. The lowest BCUT2D eigenvalue weighted by atomic mass is 9.44. The Bertz CT molecular complexity index is 1040. The maximum atomic E-state index is 17.2. The molecule has 10 atom stereocenters. The number of allylic oxidation sites excluding steroid dienone is 4. The van der Waals surface area contributed by atoms with Crippen LogP contribution >= 0.6 is 0 Å². The van der Waals surface area contributed by atoms with Gasteiger partial charge in [0.2, 0.25) is 5.60 Å². The van der Waals surface area contributed by atoms with E-state index in [9.17, 15) is 24.6 Å². The number of aliphatic hydroxyl groups excluding tert-OH is 1. The Hall–Kier alpha value is -2.29. The van der Waals surface area contributed by atoms with Gasteiger partial charge in [-0.2, -0.15) is 0 Å². The highest BCUT2D eigenvalue weighted by Crippen LogP contribution is 2.71. The van der Waals surface area contributed by atoms with Gasteiger partial charge in [0, 0.05) is 22.7 Å². The number of fused-ring (bicyclic) bond motifs is 5. The zero-order valence-corrected chi connectivity index (χ0v) is 21.6. The largest absolute Gasteiger partial charge is 0.509 e. The van der Waals surface area contributed by atoms with Crippen molar-refractivity contribution < 1.29 is 42.9 Å². The van der Waals surface area contributed by atoms with Crippen molar-refractivity contribution in [3.63, 3.8) is 0 Å². The van der Waals surface area contributed by atoms with Crippen LogP contribution in [0.15, 0.2) is 23.8 Å². The Balaban J connectivity index is 1.79. The summed E-state index contributed by atoms with van der Waals surface area (Å²) < 4.78 is 43.7. The quantitative estimate of drug-likeness (QED) is 0.533. The standard InChI is InChI=1S/C27H36F2O7/c1-13(2)15(4)35-23(34)36-27(22(32)33)14(3)9-17-18-11-20(28)19-10-16(30)7-8-24(19,5)26(18,29)21(31)12-25(17,27)6/h7-8,10,13-15,17-18,20-21,31H,9,11-12H2,1-6H3,(H,32,33)/t14-,15?,17+,18+,20+,21+,24+,25+,26?,27-/m1/s1. The van der Waals surface area contributed by atoms with E-state index in [0.29, 0.717) is 0 Å². The molecule has 0 aromatic carbocycles. The molecule has 3 fully saturated rings. The fourth-order valence-electron chi connectivity index (χ4n) is 7.68. The maximum Gasteiger partial charge on any atom is 0.509 e. The first-order valence-electron chi connectivity index (χ1n) is 12.7. The second-order valence-electron chi connectivity index (χ2n) is 12.0. The van der Waals surface area contributed by atoms with Gasteiger partial charge in [-0.05, 0) is 62.7 Å². The van der Waals surface area contributed by atoms with Gasteiger partial charge in [-0.15, -0.1) is 0 Å². The normalized spacial score (nSPS) is 46.3. The number of hydrogen-bond acceptors (Lipinski definition) is 6. The van der Waals surface area contributed by atoms with Crippen molar-refractivity contribution in [1.29, 1.82) is 0 Å². The number of hydrogen-bond donors (Lipinski definition) is 2. The summed E-state index contributed by atoms with van der Waals surface area (Å²) in [5, 5.41) is 21.8. The van der Waals surface area contributed by atoms with E-state index in [1.165, 1.54) is 19.1 Å². The highest BCUT2D eigenvalue weighted by Gasteiger charge is 2.78. The molecule has 0 bridgehead atoms. The number of carboxylic acids is 1. The molecule has 0 amide bonds. The summed E-state index contributed by atoms with van der Waals surface area (Å²) in [5.74, 6) is -4.42. The van der Waals surface area contributed by atoms with Crippen molar-refractivity contribution in [2.24, 2.45) is 34.5 Å². The summed E-state index contributed by atoms with van der Waals surface area (Å²) in [7, 11) is 0. The molecule has 36 heavy (non-hydrogen) atoms. The molecule has 200 valence electrons. The van der Waals surface area contributed by atoms with Crippen LogP contribution in [0, 0.1) is 34.5 Å². The number of ether oxygens (including phenoxy) is 2. The van der Waals surface area contributed by atoms with Gasteiger partial charge in [0.15, 0.2) is 11.5 Å². The van der Waals surface area contributed by atoms with Gasteiger partial charge in [-0.3, -0.25) is 4.79 Å². The molecule has 0 aromatic heterocycles. The van der Waals surface area contributed by atoms with Crippen LogP contribution in [0.2, 0.25) is 0 Å². The minimum atomic E-state index is -2.34. The van der Waals surface area contributed by atoms with Crippen molar-refractivity contribution in [3.8, 4) is 0 Å². The molecule has 9 heteroatoms. The molecule has 2 unspecified atom stereocenters. The van der Waals surface area contributed by atoms with E-state index in [0.717, 1.165) is 6.08 Å². The van der Waals surface area contributed by atoms with E-state index in [1.807, 2.05) is 13.8 Å². The van der Waals surface area contributed by atoms with Crippen molar-refractivity contribution in [3.05, 3.63) is 23.8 Å². The second kappa shape index (κ2) is 8.36. The van der Waals surface area contributed by atoms with E-state index < -0.39 is 76.1 Å². The van der Waals surface area contributed by atoms with Gasteiger partial charge in [-0.25, -0.2) is 18.4 Å². The minimum absolute atomic E-state index is 0.00514. The zero-order chi connectivity index (χ0) is 27.0. The first-order valence-corrected chi connectivity index (χ1v) is 12.7. The molecule has 0 spiro atoms. The zero-order valence-electron chi connectivity index (χ0n) is 21.6. The summed E-state index contributed by atoms with van der Waals surface area (Å²) in [4.78, 5) is 37.6. The average molecular weight is 511 g/mol. The third-order valence-electron chi connectivity index (χ3n) is 9.95. The highest BCUT2D eigenvalue weighted by atomic mass is 19.1. The molecule has 0 heterocycles. The molecule has 3 saturated carbocycles. The minimum Gasteiger partial charge on any atom is -0.478 e. The molecule has 0 saturated heterocycles.